The first-order valence-electron chi connectivity index (χ1n) is 6.12. The number of rotatable bonds is 3. The van der Waals surface area contributed by atoms with Crippen molar-refractivity contribution in [3.8, 4) is 11.4 Å². The molecule has 0 fully saturated rings. The fraction of sp³-hybridized carbons (Fsp3) is 0.0667. The van der Waals surface area contributed by atoms with Crippen molar-refractivity contribution in [2.45, 2.75) is 6.54 Å². The Bertz CT molecular complexity index is 708. The summed E-state index contributed by atoms with van der Waals surface area (Å²) in [6.45, 7) is 0.496. The zero-order valence-electron chi connectivity index (χ0n) is 10.5. The largest absolute Gasteiger partial charge is 0.293 e. The van der Waals surface area contributed by atoms with E-state index in [0.717, 1.165) is 11.1 Å². The van der Waals surface area contributed by atoms with Crippen LogP contribution in [0.5, 0.6) is 0 Å². The molecule has 2 aromatic carbocycles. The van der Waals surface area contributed by atoms with E-state index in [2.05, 4.69) is 10.2 Å². The predicted molar refractivity (Wildman–Crippen MR) is 76.0 cm³/mol. The van der Waals surface area contributed by atoms with Crippen molar-refractivity contribution in [2.24, 2.45) is 0 Å². The topological polar surface area (TPSA) is 30.7 Å². The van der Waals surface area contributed by atoms with Gasteiger partial charge in [0, 0.05) is 5.56 Å². The van der Waals surface area contributed by atoms with Crippen LogP contribution in [-0.4, -0.2) is 14.8 Å². The van der Waals surface area contributed by atoms with E-state index in [1.807, 2.05) is 30.3 Å². The molecule has 0 aliphatic heterocycles. The molecular weight excluding hydrogens is 277 g/mol. The molecule has 3 nitrogen and oxygen atoms in total. The van der Waals surface area contributed by atoms with Crippen LogP contribution in [0.15, 0.2) is 54.6 Å². The molecule has 0 atom stereocenters. The number of halogens is 2. The molecule has 0 unspecified atom stereocenters. The van der Waals surface area contributed by atoms with Crippen LogP contribution in [0.2, 0.25) is 5.28 Å². The van der Waals surface area contributed by atoms with E-state index < -0.39 is 0 Å². The molecule has 3 rings (SSSR count). The van der Waals surface area contributed by atoms with Crippen LogP contribution in [0.3, 0.4) is 0 Å². The minimum absolute atomic E-state index is 0.258. The minimum Gasteiger partial charge on any atom is -0.293 e. The Kier molecular flexibility index (Phi) is 3.48. The number of aromatic nitrogens is 3. The molecule has 0 bridgehead atoms. The zero-order chi connectivity index (χ0) is 13.9. The van der Waals surface area contributed by atoms with Crippen LogP contribution >= 0.6 is 11.6 Å². The average Bonchev–Trinajstić information content (AvgIpc) is 2.84. The molecular formula is C15H11ClFN3. The van der Waals surface area contributed by atoms with Crippen molar-refractivity contribution >= 4 is 11.6 Å². The first kappa shape index (κ1) is 12.8. The molecule has 3 aromatic rings. The van der Waals surface area contributed by atoms with Crippen molar-refractivity contribution in [3.63, 3.8) is 0 Å². The Hall–Kier alpha value is -2.20. The van der Waals surface area contributed by atoms with E-state index in [4.69, 9.17) is 11.6 Å². The maximum Gasteiger partial charge on any atom is 0.225 e. The van der Waals surface area contributed by atoms with Crippen LogP contribution in [0.1, 0.15) is 5.56 Å². The molecule has 0 aliphatic rings. The van der Waals surface area contributed by atoms with Gasteiger partial charge >= 0.3 is 0 Å². The van der Waals surface area contributed by atoms with Crippen LogP contribution in [0, 0.1) is 5.82 Å². The highest BCUT2D eigenvalue weighted by molar-refractivity contribution is 6.28. The van der Waals surface area contributed by atoms with E-state index in [9.17, 15) is 4.39 Å². The summed E-state index contributed by atoms with van der Waals surface area (Å²) in [6.07, 6.45) is 0. The lowest BCUT2D eigenvalue weighted by atomic mass is 10.2. The molecule has 0 radical (unpaired) electrons. The summed E-state index contributed by atoms with van der Waals surface area (Å²) in [5.41, 5.74) is 1.87. The van der Waals surface area contributed by atoms with Gasteiger partial charge in [0.1, 0.15) is 5.82 Å². The van der Waals surface area contributed by atoms with Gasteiger partial charge in [0.15, 0.2) is 5.82 Å². The highest BCUT2D eigenvalue weighted by atomic mass is 35.5. The van der Waals surface area contributed by atoms with Gasteiger partial charge < -0.3 is 0 Å². The van der Waals surface area contributed by atoms with E-state index in [-0.39, 0.29) is 5.82 Å². The Morgan fingerprint density at radius 2 is 1.65 bits per heavy atom. The third-order valence-electron chi connectivity index (χ3n) is 2.99. The molecule has 0 saturated carbocycles. The molecule has 20 heavy (non-hydrogen) atoms. The lowest BCUT2D eigenvalue weighted by Crippen LogP contribution is -2.02. The maximum atomic E-state index is 12.9. The average molecular weight is 288 g/mol. The Morgan fingerprint density at radius 3 is 2.35 bits per heavy atom. The lowest BCUT2D eigenvalue weighted by Gasteiger charge is -2.08. The summed E-state index contributed by atoms with van der Waals surface area (Å²) in [7, 11) is 0. The summed E-state index contributed by atoms with van der Waals surface area (Å²) in [5.74, 6) is 0.437. The van der Waals surface area contributed by atoms with Gasteiger partial charge in [-0.2, -0.15) is 0 Å². The van der Waals surface area contributed by atoms with E-state index in [0.29, 0.717) is 17.7 Å². The second-order valence-electron chi connectivity index (χ2n) is 4.37. The summed E-state index contributed by atoms with van der Waals surface area (Å²) in [4.78, 5) is 0. The van der Waals surface area contributed by atoms with Gasteiger partial charge in [0.25, 0.3) is 0 Å². The molecule has 0 saturated heterocycles. The summed E-state index contributed by atoms with van der Waals surface area (Å²) < 4.78 is 14.7. The zero-order valence-corrected chi connectivity index (χ0v) is 11.3. The first-order valence-corrected chi connectivity index (χ1v) is 6.50. The summed E-state index contributed by atoms with van der Waals surface area (Å²) in [5, 5.41) is 8.33. The van der Waals surface area contributed by atoms with Crippen LogP contribution in [-0.2, 0) is 6.54 Å². The van der Waals surface area contributed by atoms with E-state index in [1.165, 1.54) is 12.1 Å². The minimum atomic E-state index is -0.258. The number of hydrogen-bond donors (Lipinski definition) is 0. The van der Waals surface area contributed by atoms with Gasteiger partial charge in [-0.25, -0.2) is 4.39 Å². The van der Waals surface area contributed by atoms with Crippen LogP contribution < -0.4 is 0 Å². The molecule has 1 heterocycles. The van der Waals surface area contributed by atoms with Crippen molar-refractivity contribution in [2.75, 3.05) is 0 Å². The highest BCUT2D eigenvalue weighted by Gasteiger charge is 2.12. The highest BCUT2D eigenvalue weighted by Crippen LogP contribution is 2.21. The van der Waals surface area contributed by atoms with Crippen molar-refractivity contribution in [3.05, 3.63) is 71.3 Å². The second kappa shape index (κ2) is 5.43. The Labute approximate surface area is 120 Å². The Balaban J connectivity index is 1.97. The normalized spacial score (nSPS) is 10.7. The van der Waals surface area contributed by atoms with Gasteiger partial charge in [-0.1, -0.05) is 42.5 Å². The maximum absolute atomic E-state index is 12.9. The molecule has 100 valence electrons. The standard InChI is InChI=1S/C15H11ClFN3/c16-15-19-18-14(12-4-2-1-3-5-12)20(15)10-11-6-8-13(17)9-7-11/h1-9H,10H2. The summed E-state index contributed by atoms with van der Waals surface area (Å²) >= 11 is 6.09. The smallest absolute Gasteiger partial charge is 0.225 e. The Morgan fingerprint density at radius 1 is 0.950 bits per heavy atom. The van der Waals surface area contributed by atoms with Crippen molar-refractivity contribution in [1.82, 2.24) is 14.8 Å². The monoisotopic (exact) mass is 287 g/mol. The molecule has 0 aliphatic carbocycles. The molecule has 0 N–H and O–H groups in total. The fourth-order valence-electron chi connectivity index (χ4n) is 2.00. The van der Waals surface area contributed by atoms with Gasteiger partial charge in [-0.3, -0.25) is 4.57 Å². The third kappa shape index (κ3) is 2.56. The van der Waals surface area contributed by atoms with Crippen molar-refractivity contribution in [1.29, 1.82) is 0 Å². The predicted octanol–water partition coefficient (Wildman–Crippen LogP) is 3.79. The van der Waals surface area contributed by atoms with Gasteiger partial charge in [0.2, 0.25) is 5.28 Å². The van der Waals surface area contributed by atoms with E-state index >= 15 is 0 Å². The molecule has 1 aromatic heterocycles. The third-order valence-corrected chi connectivity index (χ3v) is 3.27. The molecule has 5 heteroatoms. The van der Waals surface area contributed by atoms with Crippen molar-refractivity contribution < 1.29 is 4.39 Å². The quantitative estimate of drug-likeness (QED) is 0.734. The van der Waals surface area contributed by atoms with Gasteiger partial charge in [0.05, 0.1) is 6.54 Å². The van der Waals surface area contributed by atoms with E-state index in [1.54, 1.807) is 16.7 Å². The molecule has 0 spiro atoms. The van der Waals surface area contributed by atoms with Crippen LogP contribution in [0.25, 0.3) is 11.4 Å². The number of hydrogen-bond acceptors (Lipinski definition) is 2. The lowest BCUT2D eigenvalue weighted by molar-refractivity contribution is 0.626. The number of benzene rings is 2. The first-order chi connectivity index (χ1) is 9.74. The van der Waals surface area contributed by atoms with Crippen LogP contribution in [0.4, 0.5) is 4.39 Å². The molecule has 0 amide bonds. The van der Waals surface area contributed by atoms with Gasteiger partial charge in [-0.15, -0.1) is 10.2 Å². The second-order valence-corrected chi connectivity index (χ2v) is 4.71. The van der Waals surface area contributed by atoms with Gasteiger partial charge in [-0.05, 0) is 29.3 Å². The fourth-order valence-corrected chi connectivity index (χ4v) is 2.17. The number of nitrogens with zero attached hydrogens (tertiary/aromatic N) is 3. The summed E-state index contributed by atoms with van der Waals surface area (Å²) in [6, 6.07) is 16.0. The SMILES string of the molecule is Fc1ccc(Cn2c(Cl)nnc2-c2ccccc2)cc1.